The fourth-order valence-electron chi connectivity index (χ4n) is 3.38. The maximum Gasteiger partial charge on any atom is 1.00 e. The molecule has 36 heavy (non-hydrogen) atoms. The molecule has 180 valence electrons. The van der Waals surface area contributed by atoms with Crippen LogP contribution in [0.1, 0.15) is 33.6 Å². The molecule has 0 aliphatic heterocycles. The van der Waals surface area contributed by atoms with Gasteiger partial charge in [0.1, 0.15) is 11.5 Å². The van der Waals surface area contributed by atoms with E-state index in [1.807, 2.05) is 37.3 Å². The summed E-state index contributed by atoms with van der Waals surface area (Å²) in [6.07, 6.45) is 0.455. The molecule has 0 aliphatic rings. The Morgan fingerprint density at radius 1 is 1.06 bits per heavy atom. The smallest absolute Gasteiger partial charge is 0.545 e. The molecule has 0 fully saturated rings. The molecule has 0 atom stereocenters. The second-order valence-electron chi connectivity index (χ2n) is 7.56. The average molecular weight is 519 g/mol. The van der Waals surface area contributed by atoms with Gasteiger partial charge in [-0.25, -0.2) is 4.98 Å². The molecule has 4 rings (SSSR count). The van der Waals surface area contributed by atoms with Crippen molar-refractivity contribution in [2.75, 3.05) is 11.9 Å². The average Bonchev–Trinajstić information content (AvgIpc) is 3.20. The Morgan fingerprint density at radius 2 is 1.81 bits per heavy atom. The molecule has 0 spiro atoms. The molecule has 1 N–H and O–H groups in total. The van der Waals surface area contributed by atoms with Crippen LogP contribution in [-0.4, -0.2) is 23.5 Å². The molecular weight excluding hydrogens is 498 g/mol. The number of oxazole rings is 1. The van der Waals surface area contributed by atoms with Crippen LogP contribution < -0.4 is 34.0 Å². The maximum absolute atomic E-state index is 12.6. The quantitative estimate of drug-likeness (QED) is 0.359. The molecule has 1 aromatic heterocycles. The molecule has 0 bridgehead atoms. The van der Waals surface area contributed by atoms with E-state index in [0.717, 1.165) is 11.3 Å². The second kappa shape index (κ2) is 12.2. The minimum atomic E-state index is -1.46. The third-order valence-corrected chi connectivity index (χ3v) is 5.70. The topological polar surface area (TPSA) is 104 Å². The Morgan fingerprint density at radius 3 is 2.50 bits per heavy atom. The van der Waals surface area contributed by atoms with Crippen molar-refractivity contribution >= 4 is 40.8 Å². The van der Waals surface area contributed by atoms with Crippen LogP contribution in [0.25, 0.3) is 11.5 Å². The fourth-order valence-corrected chi connectivity index (χ4v) is 3.88. The number of ether oxygens (including phenoxy) is 1. The van der Waals surface area contributed by atoms with Crippen molar-refractivity contribution < 1.29 is 44.1 Å². The number of nitrogens with one attached hydrogen (secondary N) is 1. The number of halogens is 2. The molecule has 1 heterocycles. The van der Waals surface area contributed by atoms with Crippen molar-refractivity contribution in [2.45, 2.75) is 13.3 Å². The van der Waals surface area contributed by atoms with Crippen molar-refractivity contribution in [1.29, 1.82) is 0 Å². The number of anilines is 1. The van der Waals surface area contributed by atoms with Crippen LogP contribution in [0, 0.1) is 6.92 Å². The number of aromatic nitrogens is 1. The Balaban J connectivity index is 0.00000241. The van der Waals surface area contributed by atoms with E-state index in [4.69, 9.17) is 32.4 Å². The van der Waals surface area contributed by atoms with E-state index in [2.05, 4.69) is 10.3 Å². The first-order valence-electron chi connectivity index (χ1n) is 10.6. The van der Waals surface area contributed by atoms with Crippen molar-refractivity contribution in [2.24, 2.45) is 0 Å². The Labute approximate surface area is 231 Å². The summed E-state index contributed by atoms with van der Waals surface area (Å²) >= 11 is 11.9. The van der Waals surface area contributed by atoms with E-state index >= 15 is 0 Å². The third-order valence-electron chi connectivity index (χ3n) is 5.16. The zero-order valence-corrected chi connectivity index (χ0v) is 21.0. The fraction of sp³-hybridized carbons (Fsp3) is 0.115. The first-order valence-corrected chi connectivity index (χ1v) is 11.3. The van der Waals surface area contributed by atoms with Gasteiger partial charge in [-0.3, -0.25) is 4.79 Å². The van der Waals surface area contributed by atoms with Crippen molar-refractivity contribution in [3.63, 3.8) is 0 Å². The predicted molar refractivity (Wildman–Crippen MR) is 133 cm³/mol. The number of aryl methyl sites for hydroxylation is 1. The Bertz CT molecular complexity index is 1400. The molecule has 0 unspecified atom stereocenters. The van der Waals surface area contributed by atoms with Gasteiger partial charge in [-0.15, -0.1) is 0 Å². The number of carbonyl (C=O) groups is 2. The van der Waals surface area contributed by atoms with Gasteiger partial charge in [0.25, 0.3) is 5.91 Å². The Hall–Kier alpha value is -3.21. The first-order chi connectivity index (χ1) is 16.8. The van der Waals surface area contributed by atoms with E-state index in [9.17, 15) is 14.7 Å². The van der Waals surface area contributed by atoms with Gasteiger partial charge in [-0.1, -0.05) is 41.4 Å². The number of hydrogen-bond donors (Lipinski definition) is 1. The molecule has 0 saturated heterocycles. The summed E-state index contributed by atoms with van der Waals surface area (Å²) in [6, 6.07) is 18.2. The van der Waals surface area contributed by atoms with Gasteiger partial charge >= 0.3 is 18.9 Å². The molecule has 7 nitrogen and oxygen atoms in total. The standard InChI is InChI=1S/C26H20Cl2N2O5.Li.H2/c1-15-22(30-25(35-15)16-5-3-2-4-6-16)11-12-34-18-8-10-23(20(14-18)26(32)33)29-24(31)19-9-7-17(27)13-21(19)28;;/h2-10,13-14H,11-12H2,1H3,(H,29,31)(H,32,33);;1H/q;+1;/p-1. The summed E-state index contributed by atoms with van der Waals surface area (Å²) in [6.45, 7) is 2.06. The summed E-state index contributed by atoms with van der Waals surface area (Å²) in [7, 11) is 0. The first kappa shape index (κ1) is 27.4. The summed E-state index contributed by atoms with van der Waals surface area (Å²) in [5.41, 5.74) is 1.59. The largest absolute Gasteiger partial charge is 1.00 e. The number of rotatable bonds is 8. The number of benzene rings is 3. The number of hydrogen-bond acceptors (Lipinski definition) is 6. The van der Waals surface area contributed by atoms with Crippen LogP contribution in [0.5, 0.6) is 5.75 Å². The number of amides is 1. The van der Waals surface area contributed by atoms with Gasteiger partial charge < -0.3 is 24.4 Å². The molecule has 4 aromatic rings. The minimum Gasteiger partial charge on any atom is -0.545 e. The number of carboxylic acids is 1. The van der Waals surface area contributed by atoms with Crippen LogP contribution in [0.3, 0.4) is 0 Å². The van der Waals surface area contributed by atoms with Gasteiger partial charge in [0, 0.05) is 24.0 Å². The van der Waals surface area contributed by atoms with Gasteiger partial charge in [-0.05, 0) is 55.5 Å². The molecule has 0 aliphatic carbocycles. The predicted octanol–water partition coefficient (Wildman–Crippen LogP) is 2.44. The van der Waals surface area contributed by atoms with Crippen molar-refractivity contribution in [3.05, 3.63) is 99.4 Å². The molecular formula is C26H21Cl2LiN2O5. The van der Waals surface area contributed by atoms with E-state index in [0.29, 0.717) is 28.8 Å². The number of nitrogens with zero attached hydrogens (tertiary/aromatic N) is 1. The summed E-state index contributed by atoms with van der Waals surface area (Å²) in [5, 5.41) is 14.8. The maximum atomic E-state index is 12.6. The molecule has 0 radical (unpaired) electrons. The van der Waals surface area contributed by atoms with Crippen LogP contribution in [0.4, 0.5) is 5.69 Å². The van der Waals surface area contributed by atoms with Gasteiger partial charge in [0.05, 0.1) is 34.5 Å². The molecule has 3 aromatic carbocycles. The number of aromatic carboxylic acids is 1. The van der Waals surface area contributed by atoms with Crippen LogP contribution in [-0.2, 0) is 6.42 Å². The van der Waals surface area contributed by atoms with Crippen molar-refractivity contribution in [1.82, 2.24) is 4.98 Å². The van der Waals surface area contributed by atoms with Crippen LogP contribution >= 0.6 is 23.2 Å². The minimum absolute atomic E-state index is 0. The van der Waals surface area contributed by atoms with E-state index in [-0.39, 0.29) is 48.7 Å². The molecule has 0 saturated carbocycles. The normalized spacial score (nSPS) is 10.4. The SMILES string of the molecule is Cc1oc(-c2ccccc2)nc1CCOc1ccc(NC(=O)c2ccc(Cl)cc2Cl)c(C(=O)[O-])c1.[HH].[Li+]. The van der Waals surface area contributed by atoms with Gasteiger partial charge in [0.2, 0.25) is 5.89 Å². The van der Waals surface area contributed by atoms with E-state index in [1.54, 1.807) is 6.07 Å². The molecule has 10 heteroatoms. The van der Waals surface area contributed by atoms with E-state index in [1.165, 1.54) is 30.3 Å². The molecule has 1 amide bonds. The van der Waals surface area contributed by atoms with Crippen molar-refractivity contribution in [3.8, 4) is 17.2 Å². The second-order valence-corrected chi connectivity index (χ2v) is 8.40. The zero-order valence-electron chi connectivity index (χ0n) is 19.5. The Kier molecular flexibility index (Phi) is 9.24. The summed E-state index contributed by atoms with van der Waals surface area (Å²) in [5.74, 6) is -0.539. The summed E-state index contributed by atoms with van der Waals surface area (Å²) in [4.78, 5) is 28.8. The number of carboxylic acid groups (broad SMARTS) is 1. The number of carbonyl (C=O) groups excluding carboxylic acids is 2. The summed E-state index contributed by atoms with van der Waals surface area (Å²) < 4.78 is 11.5. The third kappa shape index (κ3) is 6.51. The van der Waals surface area contributed by atoms with Crippen LogP contribution in [0.15, 0.2) is 71.1 Å². The zero-order chi connectivity index (χ0) is 24.9. The van der Waals surface area contributed by atoms with Gasteiger partial charge in [0.15, 0.2) is 0 Å². The van der Waals surface area contributed by atoms with Crippen LogP contribution in [0.2, 0.25) is 10.0 Å². The van der Waals surface area contributed by atoms with E-state index < -0.39 is 11.9 Å². The van der Waals surface area contributed by atoms with Gasteiger partial charge in [-0.2, -0.15) is 0 Å². The monoisotopic (exact) mass is 518 g/mol.